The lowest BCUT2D eigenvalue weighted by atomic mass is 9.95. The summed E-state index contributed by atoms with van der Waals surface area (Å²) < 4.78 is 12.1. The normalized spacial score (nSPS) is 15.1. The van der Waals surface area contributed by atoms with Crippen LogP contribution in [0.3, 0.4) is 0 Å². The maximum atomic E-state index is 13.6. The van der Waals surface area contributed by atoms with Gasteiger partial charge in [0.2, 0.25) is 10.9 Å². The number of rotatable bonds is 12. The molecule has 2 aromatic heterocycles. The predicted octanol–water partition coefficient (Wildman–Crippen LogP) is 7.74. The van der Waals surface area contributed by atoms with Crippen LogP contribution in [-0.2, 0) is 10.5 Å². The van der Waals surface area contributed by atoms with E-state index in [0.29, 0.717) is 38.8 Å². The van der Waals surface area contributed by atoms with Crippen molar-refractivity contribution in [1.82, 2.24) is 10.2 Å². The highest BCUT2D eigenvalue weighted by molar-refractivity contribution is 8.00. The van der Waals surface area contributed by atoms with Crippen LogP contribution in [-0.4, -0.2) is 33.6 Å². The molecule has 41 heavy (non-hydrogen) atoms. The summed E-state index contributed by atoms with van der Waals surface area (Å²) in [4.78, 5) is 28.5. The minimum absolute atomic E-state index is 0.0344. The molecule has 8 nitrogen and oxygen atoms in total. The van der Waals surface area contributed by atoms with Crippen molar-refractivity contribution in [3.05, 3.63) is 99.7 Å². The van der Waals surface area contributed by atoms with Crippen LogP contribution in [0.4, 0.5) is 5.13 Å². The molecule has 0 spiro atoms. The average Bonchev–Trinajstić information content (AvgIpc) is 3.69. The van der Waals surface area contributed by atoms with Crippen LogP contribution in [0, 0.1) is 6.92 Å². The lowest BCUT2D eigenvalue weighted by Crippen LogP contribution is -2.31. The van der Waals surface area contributed by atoms with Gasteiger partial charge in [-0.15, -0.1) is 10.2 Å². The number of unbranched alkanes of at least 4 members (excludes halogenated alkanes) is 2. The van der Waals surface area contributed by atoms with Gasteiger partial charge in [0.05, 0.1) is 18.2 Å². The van der Waals surface area contributed by atoms with Gasteiger partial charge in [0.1, 0.15) is 11.5 Å². The molecule has 3 heterocycles. The number of amides is 1. The summed E-state index contributed by atoms with van der Waals surface area (Å²) in [7, 11) is 0. The van der Waals surface area contributed by atoms with E-state index in [1.165, 1.54) is 34.1 Å². The van der Waals surface area contributed by atoms with E-state index in [4.69, 9.17) is 20.8 Å². The van der Waals surface area contributed by atoms with E-state index in [1.54, 1.807) is 31.2 Å². The van der Waals surface area contributed by atoms with Gasteiger partial charge in [-0.3, -0.25) is 14.5 Å². The number of hydrogen-bond donors (Lipinski definition) is 1. The number of aryl methyl sites for hydroxylation is 1. The maximum absolute atomic E-state index is 13.6. The molecule has 2 aromatic carbocycles. The molecule has 1 N–H and O–H groups in total. The van der Waals surface area contributed by atoms with Gasteiger partial charge in [0.25, 0.3) is 5.91 Å². The van der Waals surface area contributed by atoms with Crippen molar-refractivity contribution >= 4 is 51.5 Å². The number of furan rings is 1. The molecule has 5 rings (SSSR count). The monoisotopic (exact) mass is 609 g/mol. The molecule has 0 radical (unpaired) electrons. The van der Waals surface area contributed by atoms with Crippen molar-refractivity contribution in [3.8, 4) is 5.75 Å². The fraction of sp³-hybridized carbons (Fsp3) is 0.267. The zero-order chi connectivity index (χ0) is 28.9. The van der Waals surface area contributed by atoms with E-state index >= 15 is 0 Å². The van der Waals surface area contributed by atoms with Crippen molar-refractivity contribution in [1.29, 1.82) is 0 Å². The molecule has 11 heteroatoms. The zero-order valence-electron chi connectivity index (χ0n) is 22.5. The molecule has 1 atom stereocenters. The summed E-state index contributed by atoms with van der Waals surface area (Å²) in [6.45, 7) is 4.39. The van der Waals surface area contributed by atoms with E-state index in [0.717, 1.165) is 24.8 Å². The first-order chi connectivity index (χ1) is 19.9. The third kappa shape index (κ3) is 6.50. The van der Waals surface area contributed by atoms with Gasteiger partial charge in [-0.25, -0.2) is 0 Å². The summed E-state index contributed by atoms with van der Waals surface area (Å²) in [6.07, 6.45) is 3.04. The Kier molecular flexibility index (Phi) is 9.12. The zero-order valence-corrected chi connectivity index (χ0v) is 24.9. The first-order valence-electron chi connectivity index (χ1n) is 13.2. The Balaban J connectivity index is 1.47. The van der Waals surface area contributed by atoms with E-state index in [9.17, 15) is 14.7 Å². The third-order valence-corrected chi connectivity index (χ3v) is 8.86. The fourth-order valence-electron chi connectivity index (χ4n) is 4.44. The Morgan fingerprint density at radius 2 is 1.95 bits per heavy atom. The first kappa shape index (κ1) is 28.9. The number of ether oxygens (including phenoxy) is 1. The number of ketones is 1. The van der Waals surface area contributed by atoms with E-state index < -0.39 is 23.5 Å². The molecule has 0 fully saturated rings. The minimum Gasteiger partial charge on any atom is -0.503 e. The Bertz CT molecular complexity index is 1580. The second-order valence-corrected chi connectivity index (χ2v) is 12.1. The number of carbonyl (C=O) groups excluding carboxylic acids is 2. The van der Waals surface area contributed by atoms with Crippen molar-refractivity contribution in [3.63, 3.8) is 0 Å². The first-order valence-corrected chi connectivity index (χ1v) is 15.3. The highest BCUT2D eigenvalue weighted by Gasteiger charge is 2.46. The number of thioether (sulfide) groups is 1. The summed E-state index contributed by atoms with van der Waals surface area (Å²) in [6, 6.07) is 17.0. The van der Waals surface area contributed by atoms with Crippen molar-refractivity contribution < 1.29 is 23.8 Å². The standard InChI is InChI=1S/C30H28ClN3O5S2/c1-3-4-5-15-38-22-8-6-7-20(16-22)25-24(26(35)23-14-9-18(2)39-23)27(36)28(37)34(25)29-32-33-30(41-29)40-17-19-10-12-21(31)13-11-19/h6-14,16,25,36H,3-5,15,17H2,1-2H3. The quantitative estimate of drug-likeness (QED) is 0.0752. The number of anilines is 1. The van der Waals surface area contributed by atoms with Crippen LogP contribution < -0.4 is 9.64 Å². The number of aliphatic hydroxyl groups is 1. The van der Waals surface area contributed by atoms with E-state index in [1.807, 2.05) is 30.3 Å². The summed E-state index contributed by atoms with van der Waals surface area (Å²) in [5.74, 6) is -0.143. The van der Waals surface area contributed by atoms with Crippen LogP contribution in [0.25, 0.3) is 0 Å². The molecule has 4 aromatic rings. The number of aromatic nitrogens is 2. The highest BCUT2D eigenvalue weighted by Crippen LogP contribution is 2.44. The number of nitrogens with zero attached hydrogens (tertiary/aromatic N) is 3. The van der Waals surface area contributed by atoms with E-state index in [-0.39, 0.29) is 16.5 Å². The minimum atomic E-state index is -0.957. The summed E-state index contributed by atoms with van der Waals surface area (Å²) in [5.41, 5.74) is 1.56. The molecule has 0 saturated heterocycles. The summed E-state index contributed by atoms with van der Waals surface area (Å²) in [5, 5.41) is 20.5. The number of benzene rings is 2. The van der Waals surface area contributed by atoms with Gasteiger partial charge in [0.15, 0.2) is 15.9 Å². The average molecular weight is 610 g/mol. The van der Waals surface area contributed by atoms with Gasteiger partial charge in [-0.05, 0) is 60.9 Å². The number of hydrogen-bond acceptors (Lipinski definition) is 9. The lowest BCUT2D eigenvalue weighted by molar-refractivity contribution is -0.117. The fourth-order valence-corrected chi connectivity index (χ4v) is 6.39. The van der Waals surface area contributed by atoms with Crippen molar-refractivity contribution in [2.75, 3.05) is 11.5 Å². The Morgan fingerprint density at radius 3 is 2.68 bits per heavy atom. The molecular weight excluding hydrogens is 582 g/mol. The summed E-state index contributed by atoms with van der Waals surface area (Å²) >= 11 is 8.67. The van der Waals surface area contributed by atoms with Crippen LogP contribution in [0.2, 0.25) is 5.02 Å². The molecule has 1 amide bonds. The van der Waals surface area contributed by atoms with Crippen molar-refractivity contribution in [2.24, 2.45) is 0 Å². The second-order valence-electron chi connectivity index (χ2n) is 9.47. The van der Waals surface area contributed by atoms with Gasteiger partial charge >= 0.3 is 0 Å². The second kappa shape index (κ2) is 12.9. The highest BCUT2D eigenvalue weighted by atomic mass is 35.5. The molecular formula is C30H28ClN3O5S2. The van der Waals surface area contributed by atoms with Crippen LogP contribution in [0.1, 0.15) is 59.7 Å². The van der Waals surface area contributed by atoms with E-state index in [2.05, 4.69) is 17.1 Å². The molecule has 212 valence electrons. The Labute approximate surface area is 251 Å². The van der Waals surface area contributed by atoms with Gasteiger partial charge in [-0.1, -0.05) is 78.7 Å². The lowest BCUT2D eigenvalue weighted by Gasteiger charge is -2.24. The number of aliphatic hydroxyl groups excluding tert-OH is 1. The smallest absolute Gasteiger partial charge is 0.296 e. The predicted molar refractivity (Wildman–Crippen MR) is 160 cm³/mol. The molecule has 1 aliphatic rings. The molecule has 1 unspecified atom stereocenters. The molecule has 0 saturated carbocycles. The van der Waals surface area contributed by atoms with Gasteiger partial charge < -0.3 is 14.3 Å². The van der Waals surface area contributed by atoms with Crippen molar-refractivity contribution in [2.45, 2.75) is 49.2 Å². The number of halogens is 1. The maximum Gasteiger partial charge on any atom is 0.296 e. The van der Waals surface area contributed by atoms with Gasteiger partial charge in [0, 0.05) is 10.8 Å². The SMILES string of the molecule is CCCCCOc1cccc(C2C(C(=O)c3ccc(C)o3)=C(O)C(=O)N2c2nnc(SCc3ccc(Cl)cc3)s2)c1. The number of Topliss-reactive ketones (excluding diaryl/α,β-unsaturated/α-hetero) is 1. The Morgan fingerprint density at radius 1 is 1.15 bits per heavy atom. The molecule has 0 bridgehead atoms. The van der Waals surface area contributed by atoms with Crippen LogP contribution in [0.5, 0.6) is 5.75 Å². The number of carbonyl (C=O) groups is 2. The van der Waals surface area contributed by atoms with Crippen LogP contribution in [0.15, 0.2) is 80.8 Å². The molecule has 0 aliphatic carbocycles. The Hall–Kier alpha value is -3.60. The molecule has 1 aliphatic heterocycles. The largest absolute Gasteiger partial charge is 0.503 e. The topological polar surface area (TPSA) is 106 Å². The van der Waals surface area contributed by atoms with Gasteiger partial charge in [-0.2, -0.15) is 0 Å². The van der Waals surface area contributed by atoms with Crippen LogP contribution >= 0.6 is 34.7 Å². The third-order valence-electron chi connectivity index (χ3n) is 6.48.